The molecule has 0 amide bonds. The summed E-state index contributed by atoms with van der Waals surface area (Å²) in [6.45, 7) is 0.266. The summed E-state index contributed by atoms with van der Waals surface area (Å²) < 4.78 is 16.1. The fraction of sp³-hybridized carbons (Fsp3) is 0.538. The number of para-hydroxylation sites is 1. The maximum atomic E-state index is 10.3. The van der Waals surface area contributed by atoms with E-state index in [1.807, 2.05) is 24.3 Å². The van der Waals surface area contributed by atoms with Crippen molar-refractivity contribution in [3.8, 4) is 5.75 Å². The van der Waals surface area contributed by atoms with Crippen molar-refractivity contribution < 1.29 is 24.4 Å². The van der Waals surface area contributed by atoms with Crippen LogP contribution in [0.1, 0.15) is 11.7 Å². The molecule has 98 valence electrons. The Kier molecular flexibility index (Phi) is 2.79. The Hall–Kier alpha value is -1.14. The Balaban J connectivity index is 1.98. The number of benzene rings is 1. The minimum absolute atomic E-state index is 0.102. The van der Waals surface area contributed by atoms with Crippen LogP contribution in [0.3, 0.4) is 0 Å². The van der Waals surface area contributed by atoms with Gasteiger partial charge in [0.1, 0.15) is 11.4 Å². The first kappa shape index (κ1) is 11.9. The van der Waals surface area contributed by atoms with Gasteiger partial charge in [0.2, 0.25) is 0 Å². The summed E-state index contributed by atoms with van der Waals surface area (Å²) in [5.41, 5.74) is -0.282. The molecule has 5 nitrogen and oxygen atoms in total. The molecule has 0 aromatic heterocycles. The molecular weight excluding hydrogens is 236 g/mol. The lowest BCUT2D eigenvalue weighted by Gasteiger charge is -2.23. The number of fused-ring (bicyclic) bond motifs is 1. The molecular formula is C13H16O5. The zero-order valence-electron chi connectivity index (χ0n) is 10.1. The zero-order chi connectivity index (χ0) is 12.8. The van der Waals surface area contributed by atoms with Crippen molar-refractivity contribution in [1.82, 2.24) is 0 Å². The van der Waals surface area contributed by atoms with Crippen molar-refractivity contribution in [3.05, 3.63) is 29.8 Å². The van der Waals surface area contributed by atoms with Crippen molar-refractivity contribution in [1.29, 1.82) is 0 Å². The number of aliphatic hydroxyl groups excluding tert-OH is 1. The van der Waals surface area contributed by atoms with Gasteiger partial charge in [0.15, 0.2) is 6.29 Å². The van der Waals surface area contributed by atoms with E-state index in [1.165, 1.54) is 0 Å². The molecule has 2 saturated heterocycles. The van der Waals surface area contributed by atoms with E-state index in [4.69, 9.17) is 14.2 Å². The molecule has 0 bridgehead atoms. The lowest BCUT2D eigenvalue weighted by molar-refractivity contribution is -0.109. The van der Waals surface area contributed by atoms with Gasteiger partial charge >= 0.3 is 0 Å². The van der Waals surface area contributed by atoms with Gasteiger partial charge in [-0.2, -0.15) is 0 Å². The second-order valence-corrected chi connectivity index (χ2v) is 4.80. The van der Waals surface area contributed by atoms with E-state index >= 15 is 0 Å². The van der Waals surface area contributed by atoms with Crippen molar-refractivity contribution in [3.63, 3.8) is 0 Å². The first-order valence-electron chi connectivity index (χ1n) is 5.92. The Labute approximate surface area is 105 Å². The molecule has 5 heteroatoms. The molecule has 2 N–H and O–H groups in total. The Morgan fingerprint density at radius 3 is 2.78 bits per heavy atom. The molecule has 18 heavy (non-hydrogen) atoms. The van der Waals surface area contributed by atoms with Crippen LogP contribution in [0.2, 0.25) is 0 Å². The van der Waals surface area contributed by atoms with Crippen molar-refractivity contribution in [2.45, 2.75) is 18.0 Å². The van der Waals surface area contributed by atoms with Gasteiger partial charge < -0.3 is 24.4 Å². The summed E-state index contributed by atoms with van der Waals surface area (Å²) in [4.78, 5) is 0. The molecule has 0 aliphatic carbocycles. The van der Waals surface area contributed by atoms with Gasteiger partial charge in [-0.15, -0.1) is 0 Å². The minimum atomic E-state index is -1.11. The van der Waals surface area contributed by atoms with Gasteiger partial charge in [-0.25, -0.2) is 0 Å². The molecule has 2 fully saturated rings. The van der Waals surface area contributed by atoms with Crippen LogP contribution in [-0.4, -0.2) is 42.4 Å². The Morgan fingerprint density at radius 1 is 1.28 bits per heavy atom. The molecule has 3 rings (SSSR count). The van der Waals surface area contributed by atoms with Gasteiger partial charge in [-0.1, -0.05) is 18.2 Å². The van der Waals surface area contributed by atoms with E-state index < -0.39 is 23.9 Å². The predicted molar refractivity (Wildman–Crippen MR) is 62.1 cm³/mol. The normalized spacial score (nSPS) is 38.7. The van der Waals surface area contributed by atoms with Crippen molar-refractivity contribution in [2.24, 2.45) is 5.92 Å². The third kappa shape index (κ3) is 1.63. The first-order valence-corrected chi connectivity index (χ1v) is 5.92. The van der Waals surface area contributed by atoms with E-state index in [2.05, 4.69) is 0 Å². The maximum Gasteiger partial charge on any atom is 0.163 e. The topological polar surface area (TPSA) is 68.2 Å². The summed E-state index contributed by atoms with van der Waals surface area (Å²) in [5, 5.41) is 20.2. The van der Waals surface area contributed by atoms with Crippen LogP contribution in [0.15, 0.2) is 24.3 Å². The number of hydrogen-bond acceptors (Lipinski definition) is 5. The lowest BCUT2D eigenvalue weighted by Crippen LogP contribution is -2.38. The highest BCUT2D eigenvalue weighted by atomic mass is 16.6. The second-order valence-electron chi connectivity index (χ2n) is 4.80. The second kappa shape index (κ2) is 4.20. The number of methoxy groups -OCH3 is 1. The fourth-order valence-corrected chi connectivity index (χ4v) is 2.79. The van der Waals surface area contributed by atoms with E-state index in [0.717, 1.165) is 5.56 Å². The summed E-state index contributed by atoms with van der Waals surface area (Å²) >= 11 is 0. The summed E-state index contributed by atoms with van der Waals surface area (Å²) in [6, 6.07) is 7.45. The highest BCUT2D eigenvalue weighted by Gasteiger charge is 2.58. The van der Waals surface area contributed by atoms with E-state index in [0.29, 0.717) is 5.75 Å². The van der Waals surface area contributed by atoms with Crippen molar-refractivity contribution >= 4 is 0 Å². The Bertz CT molecular complexity index is 449. The molecule has 1 aromatic carbocycles. The van der Waals surface area contributed by atoms with Gasteiger partial charge in [0.25, 0.3) is 0 Å². The standard InChI is InChI=1S/C13H16O5/c1-16-9-5-3-2-4-8(9)11-10-12(14)18-7-13(10,15)6-17-11/h2-5,10-12,14-15H,6-7H2,1H3/t10-,11+,12+,13-/m0/s1. The monoisotopic (exact) mass is 252 g/mol. The molecule has 1 aromatic rings. The SMILES string of the molecule is COc1ccccc1[C@H]1OC[C@]2(O)CO[C@@H](O)[C@H]12. The average molecular weight is 252 g/mol. The molecule has 4 atom stereocenters. The number of ether oxygens (including phenoxy) is 3. The average Bonchev–Trinajstić information content (AvgIpc) is 2.87. The fourth-order valence-electron chi connectivity index (χ4n) is 2.79. The van der Waals surface area contributed by atoms with Crippen molar-refractivity contribution in [2.75, 3.05) is 20.3 Å². The number of rotatable bonds is 2. The summed E-state index contributed by atoms with van der Waals surface area (Å²) in [6.07, 6.45) is -1.42. The largest absolute Gasteiger partial charge is 0.496 e. The van der Waals surface area contributed by atoms with Crippen LogP contribution in [-0.2, 0) is 9.47 Å². The number of aliphatic hydroxyl groups is 2. The van der Waals surface area contributed by atoms with E-state index in [-0.39, 0.29) is 13.2 Å². The van der Waals surface area contributed by atoms with Crippen LogP contribution in [0, 0.1) is 5.92 Å². The maximum absolute atomic E-state index is 10.3. The third-order valence-electron chi connectivity index (χ3n) is 3.72. The van der Waals surface area contributed by atoms with Gasteiger partial charge in [0, 0.05) is 5.56 Å². The number of hydrogen-bond donors (Lipinski definition) is 2. The zero-order valence-corrected chi connectivity index (χ0v) is 10.1. The molecule has 0 saturated carbocycles. The van der Waals surface area contributed by atoms with E-state index in [1.54, 1.807) is 7.11 Å². The van der Waals surface area contributed by atoms with Crippen LogP contribution in [0.4, 0.5) is 0 Å². The lowest BCUT2D eigenvalue weighted by atomic mass is 9.85. The molecule has 2 aliphatic rings. The van der Waals surface area contributed by atoms with Gasteiger partial charge in [-0.05, 0) is 6.07 Å². The summed E-state index contributed by atoms with van der Waals surface area (Å²) in [7, 11) is 1.58. The van der Waals surface area contributed by atoms with Gasteiger partial charge in [-0.3, -0.25) is 0 Å². The smallest absolute Gasteiger partial charge is 0.163 e. The highest BCUT2D eigenvalue weighted by molar-refractivity contribution is 5.37. The Morgan fingerprint density at radius 2 is 2.00 bits per heavy atom. The van der Waals surface area contributed by atoms with Gasteiger partial charge in [0.05, 0.1) is 32.3 Å². The molecule has 0 spiro atoms. The first-order chi connectivity index (χ1) is 8.65. The van der Waals surface area contributed by atoms with Crippen LogP contribution >= 0.6 is 0 Å². The highest BCUT2D eigenvalue weighted by Crippen LogP contribution is 2.48. The molecule has 0 radical (unpaired) electrons. The van der Waals surface area contributed by atoms with Crippen LogP contribution in [0.25, 0.3) is 0 Å². The molecule has 0 unspecified atom stereocenters. The molecule has 2 heterocycles. The summed E-state index contributed by atoms with van der Waals surface area (Å²) in [5.74, 6) is 0.208. The van der Waals surface area contributed by atoms with Crippen LogP contribution in [0.5, 0.6) is 5.75 Å². The van der Waals surface area contributed by atoms with Crippen LogP contribution < -0.4 is 4.74 Å². The predicted octanol–water partition coefficient (Wildman–Crippen LogP) is 0.462. The minimum Gasteiger partial charge on any atom is -0.496 e. The third-order valence-corrected chi connectivity index (χ3v) is 3.72. The quantitative estimate of drug-likeness (QED) is 0.800. The molecule has 2 aliphatic heterocycles. The van der Waals surface area contributed by atoms with E-state index in [9.17, 15) is 10.2 Å².